The molecule has 0 aliphatic carbocycles. The van der Waals surface area contributed by atoms with Crippen LogP contribution in [-0.2, 0) is 95.7 Å². The van der Waals surface area contributed by atoms with Crippen molar-refractivity contribution in [1.82, 2.24) is 19.6 Å². The predicted octanol–water partition coefficient (Wildman–Crippen LogP) is 11.6. The van der Waals surface area contributed by atoms with Gasteiger partial charge in [0.1, 0.15) is 47.7 Å². The second kappa shape index (κ2) is 35.7. The van der Waals surface area contributed by atoms with Gasteiger partial charge in [-0.15, -0.1) is 0 Å². The number of rotatable bonds is 30. The van der Waals surface area contributed by atoms with Crippen molar-refractivity contribution in [3.63, 3.8) is 0 Å². The van der Waals surface area contributed by atoms with Crippen LogP contribution in [0.15, 0.2) is 78.9 Å². The molecule has 2 aliphatic rings. The van der Waals surface area contributed by atoms with Gasteiger partial charge in [0.15, 0.2) is 24.4 Å². The van der Waals surface area contributed by atoms with E-state index in [4.69, 9.17) is 37.9 Å². The molecule has 0 spiro atoms. The number of halogens is 2. The number of ether oxygens (including phenoxy) is 8. The molecule has 21 nitrogen and oxygen atoms in total. The van der Waals surface area contributed by atoms with Crippen molar-refractivity contribution in [2.24, 2.45) is 10.8 Å². The molecule has 3 aromatic rings. The molecule has 5 rings (SSSR count). The smallest absolute Gasteiger partial charge is 0.410 e. The van der Waals surface area contributed by atoms with E-state index in [1.54, 1.807) is 90.1 Å². The summed E-state index contributed by atoms with van der Waals surface area (Å²) in [5.41, 5.74) is -2.65. The molecule has 23 heteroatoms. The number of hydrogen-bond acceptors (Lipinski definition) is 17. The Bertz CT molecular complexity index is 3170. The molecule has 8 atom stereocenters. The first-order chi connectivity index (χ1) is 45.9. The molecule has 0 radical (unpaired) electrons. The first-order valence-corrected chi connectivity index (χ1v) is 34.4. The van der Waals surface area contributed by atoms with Crippen molar-refractivity contribution in [3.05, 3.63) is 107 Å². The maximum absolute atomic E-state index is 16.2. The van der Waals surface area contributed by atoms with Gasteiger partial charge in [0, 0.05) is 80.3 Å². The van der Waals surface area contributed by atoms with Crippen LogP contribution in [0.2, 0.25) is 0 Å². The van der Waals surface area contributed by atoms with E-state index in [9.17, 15) is 33.6 Å². The minimum atomic E-state index is -2.17. The zero-order valence-corrected chi connectivity index (χ0v) is 61.9. The monoisotopic (exact) mass is 1390 g/mol. The molecule has 0 bridgehead atoms. The summed E-state index contributed by atoms with van der Waals surface area (Å²) in [6, 6.07) is 17.6. The van der Waals surface area contributed by atoms with Gasteiger partial charge in [0.25, 0.3) is 17.7 Å². The van der Waals surface area contributed by atoms with Crippen molar-refractivity contribution >= 4 is 53.7 Å². The first-order valence-electron chi connectivity index (χ1n) is 34.4. The highest BCUT2D eigenvalue weighted by Crippen LogP contribution is 2.33. The van der Waals surface area contributed by atoms with E-state index in [1.165, 1.54) is 69.7 Å². The van der Waals surface area contributed by atoms with E-state index in [0.717, 1.165) is 56.4 Å². The highest BCUT2D eigenvalue weighted by molar-refractivity contribution is 5.93. The first kappa shape index (κ1) is 82.1. The number of likely N-dealkylation sites (N-methyl/N-ethyl adjacent to an activating group) is 4. The third kappa shape index (κ3) is 26.8. The zero-order valence-electron chi connectivity index (χ0n) is 61.9. The molecular weight excluding hydrogens is 1280 g/mol. The van der Waals surface area contributed by atoms with E-state index >= 15 is 18.4 Å². The average Bonchev–Trinajstić information content (AvgIpc) is 0.823. The fourth-order valence-electron chi connectivity index (χ4n) is 11.8. The van der Waals surface area contributed by atoms with Gasteiger partial charge in [-0.05, 0) is 151 Å². The third-order valence-corrected chi connectivity index (χ3v) is 17.4. The summed E-state index contributed by atoms with van der Waals surface area (Å²) in [5, 5.41) is 0. The molecule has 550 valence electrons. The third-order valence-electron chi connectivity index (χ3n) is 17.4. The topological polar surface area (TPSA) is 240 Å². The van der Waals surface area contributed by atoms with Crippen LogP contribution in [0.5, 0.6) is 0 Å². The summed E-state index contributed by atoms with van der Waals surface area (Å²) in [5.74, 6) is -7.48. The largest absolute Gasteiger partial charge is 0.458 e. The number of benzene rings is 3. The lowest BCUT2D eigenvalue weighted by atomic mass is 9.87. The maximum Gasteiger partial charge on any atom is 0.410 e. The standard InChI is InChI=1S/C76H110F2N4O17/c1-48(95-67(87)57(43-72(3,4)5)80(17)65(85)62(42-51-27-31-54(32-28-51)56-35-39-93-40-36-56)98-70(90)60(46-76(14,15)78)82(19)71(91)99-74(9,10)11)63(83)79(16)59(45-75(12,13)77)69(89)97-61(41-50-25-29-53(30-26-50)55-33-37-92-38-34-55)64(84)81(18)58(44-73(6,7)8)68(88)96-49(2)66(86)94-47-52-23-21-20-22-24-52/h20-32,48-49,55-62H,33-47H2,1-19H3/t48-,49-,57+,58+,59+,60+,61-,62-/m1/s1. The lowest BCUT2D eigenvalue weighted by Crippen LogP contribution is -2.54. The van der Waals surface area contributed by atoms with Gasteiger partial charge >= 0.3 is 35.9 Å². The van der Waals surface area contributed by atoms with Crippen molar-refractivity contribution in [2.75, 3.05) is 54.6 Å². The van der Waals surface area contributed by atoms with Gasteiger partial charge in [-0.1, -0.05) is 120 Å². The molecule has 2 heterocycles. The molecule has 0 unspecified atom stereocenters. The van der Waals surface area contributed by atoms with Crippen LogP contribution in [0.3, 0.4) is 0 Å². The van der Waals surface area contributed by atoms with Gasteiger partial charge in [0.2, 0.25) is 0 Å². The average molecular weight is 1390 g/mol. The molecule has 0 aromatic heterocycles. The van der Waals surface area contributed by atoms with Crippen LogP contribution in [0.4, 0.5) is 13.6 Å². The molecular formula is C76H110F2N4O17. The van der Waals surface area contributed by atoms with Crippen molar-refractivity contribution in [3.8, 4) is 0 Å². The van der Waals surface area contributed by atoms with Gasteiger partial charge in [-0.25, -0.2) is 37.5 Å². The van der Waals surface area contributed by atoms with Crippen LogP contribution in [0.1, 0.15) is 195 Å². The Kier molecular flexibility index (Phi) is 29.6. The van der Waals surface area contributed by atoms with Gasteiger partial charge in [-0.2, -0.15) is 0 Å². The van der Waals surface area contributed by atoms with E-state index in [0.29, 0.717) is 43.1 Å². The highest BCUT2D eigenvalue weighted by Gasteiger charge is 2.45. The van der Waals surface area contributed by atoms with Crippen molar-refractivity contribution < 1.29 is 89.8 Å². The van der Waals surface area contributed by atoms with E-state index in [2.05, 4.69) is 0 Å². The predicted molar refractivity (Wildman–Crippen MR) is 368 cm³/mol. The lowest BCUT2D eigenvalue weighted by molar-refractivity contribution is -0.176. The van der Waals surface area contributed by atoms with Crippen LogP contribution >= 0.6 is 0 Å². The molecule has 2 saturated heterocycles. The lowest BCUT2D eigenvalue weighted by Gasteiger charge is -2.36. The fourth-order valence-corrected chi connectivity index (χ4v) is 11.8. The number of esters is 5. The van der Waals surface area contributed by atoms with Gasteiger partial charge in [0.05, 0.1) is 0 Å². The number of nitrogens with zero attached hydrogens (tertiary/aromatic N) is 4. The molecule has 99 heavy (non-hydrogen) atoms. The SMILES string of the molecule is C[C@@H](OC(=O)[C@H](CC(C)(C)C)N(C)C(=O)[C@@H](Cc1ccc(C2CCOCC2)cc1)OC(=O)[C@H](CC(C)(C)F)N(C)C(=O)[C@@H](C)OC(=O)[C@H](CC(C)(C)C)N(C)C(=O)[C@@H](Cc1ccc(C2CCOCC2)cc1)OC(=O)[C@H](CC(C)(C)F)N(C)C(=O)OC(C)(C)C)C(=O)OCc1ccccc1. The fraction of sp³-hybridized carbons (Fsp3) is 0.645. The molecule has 4 amide bonds. The maximum atomic E-state index is 16.2. The van der Waals surface area contributed by atoms with Crippen LogP contribution in [0, 0.1) is 10.8 Å². The van der Waals surface area contributed by atoms with E-state index in [1.807, 2.05) is 51.1 Å². The molecule has 0 saturated carbocycles. The second-order valence-electron chi connectivity index (χ2n) is 31.1. The van der Waals surface area contributed by atoms with Crippen LogP contribution < -0.4 is 0 Å². The Balaban J connectivity index is 1.46. The minimum absolute atomic E-state index is 0.0169. The van der Waals surface area contributed by atoms with Crippen LogP contribution in [-0.4, -0.2) is 193 Å². The molecule has 2 aliphatic heterocycles. The summed E-state index contributed by atoms with van der Waals surface area (Å²) < 4.78 is 77.8. The summed E-state index contributed by atoms with van der Waals surface area (Å²) in [4.78, 5) is 134. The van der Waals surface area contributed by atoms with Crippen LogP contribution in [0.25, 0.3) is 0 Å². The summed E-state index contributed by atoms with van der Waals surface area (Å²) in [6.45, 7) is 25.6. The number of carbonyl (C=O) groups is 9. The zero-order chi connectivity index (χ0) is 74.1. The Morgan fingerprint density at radius 2 is 0.778 bits per heavy atom. The van der Waals surface area contributed by atoms with Crippen molar-refractivity contribution in [1.29, 1.82) is 0 Å². The Labute approximate surface area is 584 Å². The quantitative estimate of drug-likeness (QED) is 0.0445. The summed E-state index contributed by atoms with van der Waals surface area (Å²) in [7, 11) is 5.11. The summed E-state index contributed by atoms with van der Waals surface area (Å²) >= 11 is 0. The van der Waals surface area contributed by atoms with Gasteiger partial charge in [-0.3, -0.25) is 19.3 Å². The number of hydrogen-bond donors (Lipinski definition) is 0. The number of amides is 4. The normalized spacial score (nSPS) is 16.8. The Morgan fingerprint density at radius 1 is 0.434 bits per heavy atom. The molecule has 0 N–H and O–H groups in total. The number of carbonyl (C=O) groups excluding carboxylic acids is 9. The second-order valence-corrected chi connectivity index (χ2v) is 31.1. The Morgan fingerprint density at radius 3 is 1.14 bits per heavy atom. The highest BCUT2D eigenvalue weighted by atomic mass is 19.1. The minimum Gasteiger partial charge on any atom is -0.458 e. The Hall–Kier alpha value is -7.53. The molecule has 3 aromatic carbocycles. The molecule has 2 fully saturated rings. The van der Waals surface area contributed by atoms with E-state index < -0.39 is 143 Å². The van der Waals surface area contributed by atoms with Gasteiger partial charge < -0.3 is 52.6 Å². The number of alkyl halides is 2. The van der Waals surface area contributed by atoms with E-state index in [-0.39, 0.29) is 44.1 Å². The van der Waals surface area contributed by atoms with Crippen molar-refractivity contribution in [2.45, 2.75) is 252 Å². The summed E-state index contributed by atoms with van der Waals surface area (Å²) in [6.07, 6.45) is -5.98.